The zero-order valence-corrected chi connectivity index (χ0v) is 15.5. The van der Waals surface area contributed by atoms with Crippen LogP contribution in [0.5, 0.6) is 0 Å². The minimum Gasteiger partial charge on any atom is -0.393 e. The third kappa shape index (κ3) is 4.20. The van der Waals surface area contributed by atoms with E-state index in [9.17, 15) is 9.50 Å². The molecule has 2 heterocycles. The molecule has 1 fully saturated rings. The third-order valence-corrected chi connectivity index (χ3v) is 5.96. The largest absolute Gasteiger partial charge is 0.393 e. The molecule has 6 heteroatoms. The first-order chi connectivity index (χ1) is 13.1. The van der Waals surface area contributed by atoms with E-state index in [2.05, 4.69) is 18.2 Å². The van der Waals surface area contributed by atoms with Crippen molar-refractivity contribution in [2.45, 2.75) is 37.6 Å². The van der Waals surface area contributed by atoms with Gasteiger partial charge in [-0.3, -0.25) is 0 Å². The first-order valence-corrected chi connectivity index (χ1v) is 9.80. The number of fused-ring (bicyclic) bond motifs is 1. The molecular weight excluding hydrogens is 367 g/mol. The van der Waals surface area contributed by atoms with E-state index < -0.39 is 12.2 Å². The summed E-state index contributed by atoms with van der Waals surface area (Å²) in [4.78, 5) is 11.4. The minimum absolute atomic E-state index is 0.225. The molecule has 1 aliphatic heterocycles. The van der Waals surface area contributed by atoms with Gasteiger partial charge in [0.15, 0.2) is 0 Å². The molecule has 3 atom stereocenters. The Morgan fingerprint density at radius 3 is 2.74 bits per heavy atom. The second-order valence-corrected chi connectivity index (χ2v) is 8.06. The van der Waals surface area contributed by atoms with Gasteiger partial charge >= 0.3 is 0 Å². The fourth-order valence-electron chi connectivity index (χ4n) is 3.41. The quantitative estimate of drug-likeness (QED) is 0.656. The zero-order chi connectivity index (χ0) is 18.8. The van der Waals surface area contributed by atoms with Crippen LogP contribution in [0.4, 0.5) is 4.39 Å². The average Bonchev–Trinajstić information content (AvgIpc) is 3.07. The minimum atomic E-state index is -0.771. The number of thiophene rings is 1. The molecule has 4 nitrogen and oxygen atoms in total. The zero-order valence-electron chi connectivity index (χ0n) is 14.7. The standard InChI is InChI=1S/C21H21FO4S/c22-18-6-5-13(8-16-11-19(24)20(12-23)26-25-16)7-15(18)10-17-9-14-3-1-2-4-21(14)27-17/h1-7,9,16,19-20,23-24H,8,10-12H2/t16?,19-,20?/m1/s1. The van der Waals surface area contributed by atoms with E-state index in [1.807, 2.05) is 18.2 Å². The van der Waals surface area contributed by atoms with Crippen LogP contribution in [-0.4, -0.2) is 35.1 Å². The fraction of sp³-hybridized carbons (Fsp3) is 0.333. The number of benzene rings is 2. The number of rotatable bonds is 5. The summed E-state index contributed by atoms with van der Waals surface area (Å²) in [6.07, 6.45) is -0.394. The summed E-state index contributed by atoms with van der Waals surface area (Å²) in [6, 6.07) is 15.3. The molecule has 2 aromatic carbocycles. The maximum Gasteiger partial charge on any atom is 0.142 e. The lowest BCUT2D eigenvalue weighted by molar-refractivity contribution is -0.394. The Morgan fingerprint density at radius 2 is 1.96 bits per heavy atom. The van der Waals surface area contributed by atoms with Crippen LogP contribution in [0.15, 0.2) is 48.5 Å². The summed E-state index contributed by atoms with van der Waals surface area (Å²) in [5, 5.41) is 20.2. The molecule has 1 saturated heterocycles. The predicted octanol–water partition coefficient (Wildman–Crippen LogP) is 3.62. The molecule has 3 aromatic rings. The summed E-state index contributed by atoms with van der Waals surface area (Å²) >= 11 is 1.68. The van der Waals surface area contributed by atoms with Gasteiger partial charge in [0.05, 0.1) is 18.8 Å². The van der Waals surface area contributed by atoms with E-state index >= 15 is 0 Å². The SMILES string of the molecule is OCC1OOC(Cc2ccc(F)c(Cc3cc4ccccc4s3)c2)C[C@H]1O. The van der Waals surface area contributed by atoms with Crippen LogP contribution in [-0.2, 0) is 22.6 Å². The van der Waals surface area contributed by atoms with Gasteiger partial charge in [0.25, 0.3) is 0 Å². The smallest absolute Gasteiger partial charge is 0.142 e. The van der Waals surface area contributed by atoms with Crippen molar-refractivity contribution >= 4 is 21.4 Å². The molecule has 0 spiro atoms. The van der Waals surface area contributed by atoms with Gasteiger partial charge in [-0.05, 0) is 34.7 Å². The van der Waals surface area contributed by atoms with Crippen molar-refractivity contribution in [3.8, 4) is 0 Å². The Balaban J connectivity index is 1.48. The van der Waals surface area contributed by atoms with Crippen LogP contribution < -0.4 is 0 Å². The van der Waals surface area contributed by atoms with Crippen molar-refractivity contribution in [1.29, 1.82) is 0 Å². The van der Waals surface area contributed by atoms with Gasteiger partial charge in [-0.1, -0.05) is 30.3 Å². The van der Waals surface area contributed by atoms with E-state index in [-0.39, 0.29) is 18.5 Å². The lowest BCUT2D eigenvalue weighted by Gasteiger charge is -2.31. The summed E-state index contributed by atoms with van der Waals surface area (Å²) in [7, 11) is 0. The maximum atomic E-state index is 14.3. The average molecular weight is 388 g/mol. The van der Waals surface area contributed by atoms with Crippen molar-refractivity contribution in [3.05, 3.63) is 70.4 Å². The van der Waals surface area contributed by atoms with Crippen LogP contribution in [0, 0.1) is 5.82 Å². The number of hydrogen-bond donors (Lipinski definition) is 2. The lowest BCUT2D eigenvalue weighted by atomic mass is 9.97. The molecule has 4 rings (SSSR count). The highest BCUT2D eigenvalue weighted by molar-refractivity contribution is 7.19. The molecular formula is C21H21FO4S. The van der Waals surface area contributed by atoms with E-state index in [4.69, 9.17) is 14.9 Å². The highest BCUT2D eigenvalue weighted by Gasteiger charge is 2.31. The summed E-state index contributed by atoms with van der Waals surface area (Å²) in [5.74, 6) is -0.225. The van der Waals surface area contributed by atoms with Gasteiger partial charge < -0.3 is 10.2 Å². The first kappa shape index (κ1) is 18.5. The van der Waals surface area contributed by atoms with Gasteiger partial charge in [-0.2, -0.15) is 0 Å². The molecule has 2 N–H and O–H groups in total. The van der Waals surface area contributed by atoms with Crippen LogP contribution >= 0.6 is 11.3 Å². The number of halogens is 1. The molecule has 0 aliphatic carbocycles. The van der Waals surface area contributed by atoms with Crippen molar-refractivity contribution in [2.75, 3.05) is 6.61 Å². The van der Waals surface area contributed by atoms with Gasteiger partial charge in [0.2, 0.25) is 0 Å². The van der Waals surface area contributed by atoms with E-state index in [0.29, 0.717) is 24.8 Å². The van der Waals surface area contributed by atoms with Crippen molar-refractivity contribution < 1.29 is 24.4 Å². The summed E-state index contributed by atoms with van der Waals surface area (Å²) in [5.41, 5.74) is 1.57. The predicted molar refractivity (Wildman–Crippen MR) is 102 cm³/mol. The topological polar surface area (TPSA) is 58.9 Å². The molecule has 0 bridgehead atoms. The number of hydrogen-bond acceptors (Lipinski definition) is 5. The van der Waals surface area contributed by atoms with Crippen molar-refractivity contribution in [1.82, 2.24) is 0 Å². The molecule has 0 radical (unpaired) electrons. The highest BCUT2D eigenvalue weighted by atomic mass is 32.1. The Kier molecular flexibility index (Phi) is 5.52. The third-order valence-electron chi connectivity index (χ3n) is 4.84. The Morgan fingerprint density at radius 1 is 1.11 bits per heavy atom. The number of aliphatic hydroxyl groups excluding tert-OH is 2. The van der Waals surface area contributed by atoms with Gasteiger partial charge in [0.1, 0.15) is 11.9 Å². The molecule has 142 valence electrons. The van der Waals surface area contributed by atoms with Crippen molar-refractivity contribution in [2.24, 2.45) is 0 Å². The first-order valence-electron chi connectivity index (χ1n) is 8.98. The normalized spacial score (nSPS) is 23.0. The van der Waals surface area contributed by atoms with Gasteiger partial charge in [0, 0.05) is 28.8 Å². The van der Waals surface area contributed by atoms with Crippen LogP contribution in [0.3, 0.4) is 0 Å². The molecule has 0 amide bonds. The summed E-state index contributed by atoms with van der Waals surface area (Å²) < 4.78 is 15.5. The Labute approximate surface area is 160 Å². The van der Waals surface area contributed by atoms with Crippen molar-refractivity contribution in [3.63, 3.8) is 0 Å². The second-order valence-electron chi connectivity index (χ2n) is 6.90. The molecule has 1 aliphatic rings. The molecule has 27 heavy (non-hydrogen) atoms. The highest BCUT2D eigenvalue weighted by Crippen LogP contribution is 2.28. The van der Waals surface area contributed by atoms with Crippen LogP contribution in [0.2, 0.25) is 0 Å². The second kappa shape index (κ2) is 8.04. The molecule has 2 unspecified atom stereocenters. The van der Waals surface area contributed by atoms with Crippen LogP contribution in [0.1, 0.15) is 22.4 Å². The van der Waals surface area contributed by atoms with E-state index in [1.165, 1.54) is 16.2 Å². The Hall–Kier alpha value is -1.83. The number of aliphatic hydroxyl groups is 2. The molecule has 1 aromatic heterocycles. The van der Waals surface area contributed by atoms with Gasteiger partial charge in [-0.25, -0.2) is 14.2 Å². The van der Waals surface area contributed by atoms with Gasteiger partial charge in [-0.15, -0.1) is 11.3 Å². The monoisotopic (exact) mass is 388 g/mol. The van der Waals surface area contributed by atoms with E-state index in [0.717, 1.165) is 10.4 Å². The summed E-state index contributed by atoms with van der Waals surface area (Å²) in [6.45, 7) is -0.288. The van der Waals surface area contributed by atoms with E-state index in [1.54, 1.807) is 17.4 Å². The van der Waals surface area contributed by atoms with Crippen LogP contribution in [0.25, 0.3) is 10.1 Å². The maximum absolute atomic E-state index is 14.3. The fourth-order valence-corrected chi connectivity index (χ4v) is 4.50. The Bertz CT molecular complexity index is 892. The molecule has 0 saturated carbocycles. The lowest BCUT2D eigenvalue weighted by Crippen LogP contribution is -2.42.